The first-order chi connectivity index (χ1) is 18.8. The van der Waals surface area contributed by atoms with Crippen molar-refractivity contribution in [2.45, 2.75) is 38.4 Å². The zero-order valence-electron chi connectivity index (χ0n) is 22.3. The Morgan fingerprint density at radius 2 is 1.69 bits per heavy atom. The van der Waals surface area contributed by atoms with Crippen LogP contribution < -0.4 is 16.0 Å². The molecule has 0 aliphatic carbocycles. The van der Waals surface area contributed by atoms with Gasteiger partial charge in [0.15, 0.2) is 0 Å². The first-order valence-corrected chi connectivity index (χ1v) is 12.9. The highest BCUT2D eigenvalue weighted by molar-refractivity contribution is 5.94. The van der Waals surface area contributed by atoms with Crippen LogP contribution in [0, 0.1) is 0 Å². The molecule has 11 nitrogen and oxygen atoms in total. The van der Waals surface area contributed by atoms with Gasteiger partial charge < -0.3 is 35.5 Å². The molecule has 11 heteroatoms. The summed E-state index contributed by atoms with van der Waals surface area (Å²) >= 11 is 0. The van der Waals surface area contributed by atoms with E-state index < -0.39 is 30.0 Å². The number of nitrogens with zero attached hydrogens (tertiary/aromatic N) is 2. The van der Waals surface area contributed by atoms with E-state index in [1.165, 1.54) is 16.9 Å². The molecule has 2 unspecified atom stereocenters. The minimum atomic E-state index is -1.02. The fourth-order valence-corrected chi connectivity index (χ4v) is 4.61. The van der Waals surface area contributed by atoms with Crippen molar-refractivity contribution >= 4 is 40.5 Å². The summed E-state index contributed by atoms with van der Waals surface area (Å²) in [4.78, 5) is 58.4. The number of hydrogen-bond donors (Lipinski definition) is 4. The molecule has 0 radical (unpaired) electrons. The Morgan fingerprint density at radius 3 is 2.41 bits per heavy atom. The monoisotopic (exact) mass is 534 g/mol. The second kappa shape index (κ2) is 12.3. The maximum absolute atomic E-state index is 13.6. The molecule has 0 bridgehead atoms. The lowest BCUT2D eigenvalue weighted by Crippen LogP contribution is -2.65. The maximum atomic E-state index is 13.6. The van der Waals surface area contributed by atoms with Crippen LogP contribution >= 0.6 is 0 Å². The summed E-state index contributed by atoms with van der Waals surface area (Å²) < 4.78 is 4.98. The Labute approximate surface area is 226 Å². The van der Waals surface area contributed by atoms with Gasteiger partial charge >= 0.3 is 18.0 Å². The summed E-state index contributed by atoms with van der Waals surface area (Å²) in [5.41, 5.74) is 2.36. The molecule has 2 atom stereocenters. The van der Waals surface area contributed by atoms with Crippen LogP contribution in [0.25, 0.3) is 10.9 Å². The summed E-state index contributed by atoms with van der Waals surface area (Å²) in [6.07, 6.45) is 1.98. The third-order valence-corrected chi connectivity index (χ3v) is 6.57. The molecule has 1 saturated heterocycles. The van der Waals surface area contributed by atoms with Crippen molar-refractivity contribution in [2.75, 3.05) is 32.1 Å². The predicted molar refractivity (Wildman–Crippen MR) is 147 cm³/mol. The molecule has 1 aliphatic heterocycles. The number of carbonyl (C=O) groups excluding carboxylic acids is 4. The molecule has 4 N–H and O–H groups in total. The topological polar surface area (TPSA) is 136 Å². The number of anilines is 1. The largest absolute Gasteiger partial charge is 0.467 e. The van der Waals surface area contributed by atoms with Gasteiger partial charge in [0.25, 0.3) is 0 Å². The molecule has 206 valence electrons. The van der Waals surface area contributed by atoms with Crippen LogP contribution in [0.5, 0.6) is 0 Å². The minimum Gasteiger partial charge on any atom is -0.467 e. The van der Waals surface area contributed by atoms with Crippen LogP contribution in [0.1, 0.15) is 19.4 Å². The van der Waals surface area contributed by atoms with Crippen LogP contribution in [0.15, 0.2) is 60.8 Å². The number of rotatable bonds is 7. The number of para-hydroxylation sites is 2. The molecule has 1 aromatic heterocycles. The predicted octanol–water partition coefficient (Wildman–Crippen LogP) is 2.70. The second-order valence-electron chi connectivity index (χ2n) is 9.70. The number of aromatic amines is 1. The molecule has 5 amide bonds. The molecular formula is C28H34N6O5. The Morgan fingerprint density at radius 1 is 0.974 bits per heavy atom. The number of esters is 1. The van der Waals surface area contributed by atoms with E-state index >= 15 is 0 Å². The number of urea groups is 2. The highest BCUT2D eigenvalue weighted by atomic mass is 16.5. The first kappa shape index (κ1) is 27.5. The fourth-order valence-electron chi connectivity index (χ4n) is 4.61. The van der Waals surface area contributed by atoms with E-state index in [0.717, 1.165) is 16.5 Å². The van der Waals surface area contributed by atoms with Crippen molar-refractivity contribution in [3.8, 4) is 0 Å². The molecule has 1 fully saturated rings. The van der Waals surface area contributed by atoms with Gasteiger partial charge in [0.05, 0.1) is 13.7 Å². The number of methoxy groups -OCH3 is 1. The van der Waals surface area contributed by atoms with Crippen molar-refractivity contribution in [1.82, 2.24) is 25.4 Å². The van der Waals surface area contributed by atoms with Crippen molar-refractivity contribution in [1.29, 1.82) is 0 Å². The zero-order chi connectivity index (χ0) is 27.9. The number of nitrogens with one attached hydrogen (secondary N) is 4. The quantitative estimate of drug-likeness (QED) is 0.346. The van der Waals surface area contributed by atoms with Crippen LogP contribution in [0.4, 0.5) is 15.3 Å². The number of amides is 5. The number of hydrogen-bond acceptors (Lipinski definition) is 5. The second-order valence-corrected chi connectivity index (χ2v) is 9.70. The van der Waals surface area contributed by atoms with E-state index in [1.54, 1.807) is 30.5 Å². The average Bonchev–Trinajstić information content (AvgIpc) is 3.34. The molecule has 0 spiro atoms. The van der Waals surface area contributed by atoms with Gasteiger partial charge in [-0.3, -0.25) is 4.79 Å². The van der Waals surface area contributed by atoms with Crippen molar-refractivity contribution in [2.24, 2.45) is 0 Å². The highest BCUT2D eigenvalue weighted by Crippen LogP contribution is 2.20. The Kier molecular flexibility index (Phi) is 8.70. The van der Waals surface area contributed by atoms with E-state index in [9.17, 15) is 19.2 Å². The Hall–Kier alpha value is -4.54. The lowest BCUT2D eigenvalue weighted by Gasteiger charge is -2.41. The lowest BCUT2D eigenvalue weighted by atomic mass is 10.0. The molecular weight excluding hydrogens is 500 g/mol. The smallest absolute Gasteiger partial charge is 0.328 e. The van der Waals surface area contributed by atoms with Crippen LogP contribution in [0.3, 0.4) is 0 Å². The van der Waals surface area contributed by atoms with Gasteiger partial charge in [-0.25, -0.2) is 14.4 Å². The van der Waals surface area contributed by atoms with Gasteiger partial charge in [0.1, 0.15) is 12.1 Å². The molecule has 0 saturated carbocycles. The number of piperazine rings is 1. The lowest BCUT2D eigenvalue weighted by molar-refractivity contribution is -0.145. The summed E-state index contributed by atoms with van der Waals surface area (Å²) in [7, 11) is 1.26. The normalized spacial score (nSPS) is 16.1. The van der Waals surface area contributed by atoms with E-state index in [4.69, 9.17) is 4.74 Å². The number of carbonyl (C=O) groups is 4. The van der Waals surface area contributed by atoms with Gasteiger partial charge in [-0.2, -0.15) is 0 Å². The third kappa shape index (κ3) is 6.67. The van der Waals surface area contributed by atoms with Gasteiger partial charge in [0.2, 0.25) is 5.91 Å². The van der Waals surface area contributed by atoms with Gasteiger partial charge in [-0.1, -0.05) is 36.4 Å². The first-order valence-electron chi connectivity index (χ1n) is 12.9. The van der Waals surface area contributed by atoms with Crippen LogP contribution in [-0.4, -0.2) is 83.6 Å². The van der Waals surface area contributed by atoms with E-state index in [-0.39, 0.29) is 38.1 Å². The number of benzene rings is 2. The maximum Gasteiger partial charge on any atom is 0.328 e. The van der Waals surface area contributed by atoms with Crippen LogP contribution in [0.2, 0.25) is 0 Å². The third-order valence-electron chi connectivity index (χ3n) is 6.57. The van der Waals surface area contributed by atoms with E-state index in [1.807, 2.05) is 44.2 Å². The van der Waals surface area contributed by atoms with E-state index in [2.05, 4.69) is 20.9 Å². The summed E-state index contributed by atoms with van der Waals surface area (Å²) in [5.74, 6) is -1.16. The van der Waals surface area contributed by atoms with Crippen molar-refractivity contribution in [3.05, 3.63) is 66.4 Å². The SMILES string of the molecule is COC(=O)C(Cc1c[nH]c2ccccc12)NC(=O)C1CN(C(=O)Nc2ccccc2)CCN1C(=O)NC(C)C. The van der Waals surface area contributed by atoms with Gasteiger partial charge in [-0.15, -0.1) is 0 Å². The number of fused-ring (bicyclic) bond motifs is 1. The number of H-pyrrole nitrogens is 1. The fraction of sp³-hybridized carbons (Fsp3) is 0.357. The Bertz CT molecular complexity index is 1320. The van der Waals surface area contributed by atoms with Gasteiger partial charge in [-0.05, 0) is 37.6 Å². The Balaban J connectivity index is 1.53. The summed E-state index contributed by atoms with van der Waals surface area (Å²) in [6.45, 7) is 3.99. The molecule has 2 heterocycles. The standard InChI is InChI=1S/C28H34N6O5/c1-18(2)30-28(38)34-14-13-33(27(37)31-20-9-5-4-6-10-20)17-24(34)25(35)32-23(26(36)39-3)15-19-16-29-22-12-8-7-11-21(19)22/h4-12,16,18,23-24,29H,13-15,17H2,1-3H3,(H,30,38)(H,31,37)(H,32,35). The van der Waals surface area contributed by atoms with Gasteiger partial charge in [0, 0.05) is 48.3 Å². The summed E-state index contributed by atoms with van der Waals surface area (Å²) in [6, 6.07) is 13.7. The number of aromatic nitrogens is 1. The average molecular weight is 535 g/mol. The molecule has 3 aromatic rings. The van der Waals surface area contributed by atoms with Crippen molar-refractivity contribution in [3.63, 3.8) is 0 Å². The van der Waals surface area contributed by atoms with Crippen LogP contribution in [-0.2, 0) is 20.7 Å². The van der Waals surface area contributed by atoms with Crippen molar-refractivity contribution < 1.29 is 23.9 Å². The molecule has 1 aliphatic rings. The number of ether oxygens (including phenoxy) is 1. The zero-order valence-corrected chi connectivity index (χ0v) is 22.3. The molecule has 4 rings (SSSR count). The molecule has 39 heavy (non-hydrogen) atoms. The summed E-state index contributed by atoms with van der Waals surface area (Å²) in [5, 5.41) is 9.35. The highest BCUT2D eigenvalue weighted by Gasteiger charge is 2.39. The molecule has 2 aromatic carbocycles. The van der Waals surface area contributed by atoms with E-state index in [0.29, 0.717) is 5.69 Å². The minimum absolute atomic E-state index is 0.0446.